The van der Waals surface area contributed by atoms with Gasteiger partial charge in [0.2, 0.25) is 5.91 Å². The molecule has 14 heavy (non-hydrogen) atoms. The number of carbonyl (C=O) groups excluding carboxylic acids is 1. The topological polar surface area (TPSA) is 40.5 Å². The molecule has 0 spiro atoms. The highest BCUT2D eigenvalue weighted by atomic mass is 32.2. The van der Waals surface area contributed by atoms with Gasteiger partial charge < -0.3 is 10.0 Å². The Morgan fingerprint density at radius 2 is 2.43 bits per heavy atom. The Labute approximate surface area is 89.9 Å². The number of hydrogen-bond donors (Lipinski definition) is 1. The lowest BCUT2D eigenvalue weighted by molar-refractivity contribution is -0.129. The van der Waals surface area contributed by atoms with Crippen molar-refractivity contribution in [1.82, 2.24) is 4.90 Å². The Hall–Kier alpha value is -0.220. The molecule has 2 unspecified atom stereocenters. The Balaban J connectivity index is 2.28. The van der Waals surface area contributed by atoms with Crippen molar-refractivity contribution in [3.05, 3.63) is 0 Å². The molecule has 1 rings (SSSR count). The Morgan fingerprint density at radius 3 is 2.93 bits per heavy atom. The first-order valence-corrected chi connectivity index (χ1v) is 6.21. The minimum atomic E-state index is -0.318. The van der Waals surface area contributed by atoms with Crippen LogP contribution in [0.2, 0.25) is 0 Å². The third kappa shape index (κ3) is 3.50. The summed E-state index contributed by atoms with van der Waals surface area (Å²) in [5.41, 5.74) is 0. The average molecular weight is 217 g/mol. The van der Waals surface area contributed by atoms with Crippen molar-refractivity contribution in [3.8, 4) is 0 Å². The molecule has 0 aromatic heterocycles. The summed E-state index contributed by atoms with van der Waals surface area (Å²) in [7, 11) is 1.82. The molecule has 1 fully saturated rings. The summed E-state index contributed by atoms with van der Waals surface area (Å²) in [5, 5.41) is 9.28. The zero-order valence-electron chi connectivity index (χ0n) is 8.90. The third-order valence-corrected chi connectivity index (χ3v) is 3.83. The van der Waals surface area contributed by atoms with E-state index in [1.807, 2.05) is 7.05 Å². The van der Waals surface area contributed by atoms with E-state index in [2.05, 4.69) is 0 Å². The van der Waals surface area contributed by atoms with Crippen molar-refractivity contribution < 1.29 is 9.90 Å². The molecule has 1 heterocycles. The molecule has 4 heteroatoms. The van der Waals surface area contributed by atoms with Crippen molar-refractivity contribution in [1.29, 1.82) is 0 Å². The Bertz CT molecular complexity index is 191. The van der Waals surface area contributed by atoms with E-state index in [1.54, 1.807) is 23.6 Å². The molecule has 2 atom stereocenters. The molecule has 0 bridgehead atoms. The van der Waals surface area contributed by atoms with E-state index in [0.29, 0.717) is 13.0 Å². The summed E-state index contributed by atoms with van der Waals surface area (Å²) in [6.45, 7) is 2.41. The smallest absolute Gasteiger partial charge is 0.235 e. The molecule has 1 aliphatic heterocycles. The van der Waals surface area contributed by atoms with Gasteiger partial charge in [-0.1, -0.05) is 0 Å². The van der Waals surface area contributed by atoms with E-state index in [0.717, 1.165) is 18.6 Å². The van der Waals surface area contributed by atoms with Crippen LogP contribution in [0.4, 0.5) is 0 Å². The van der Waals surface area contributed by atoms with Gasteiger partial charge in [0.1, 0.15) is 0 Å². The van der Waals surface area contributed by atoms with Gasteiger partial charge >= 0.3 is 0 Å². The van der Waals surface area contributed by atoms with Gasteiger partial charge in [-0.25, -0.2) is 0 Å². The van der Waals surface area contributed by atoms with Crippen molar-refractivity contribution in [2.45, 2.75) is 37.5 Å². The normalized spacial score (nSPS) is 23.5. The van der Waals surface area contributed by atoms with Gasteiger partial charge in [0.15, 0.2) is 0 Å². The van der Waals surface area contributed by atoms with Gasteiger partial charge in [0, 0.05) is 13.6 Å². The summed E-state index contributed by atoms with van der Waals surface area (Å²) in [6, 6.07) is 0. The lowest BCUT2D eigenvalue weighted by Gasteiger charge is -2.21. The summed E-state index contributed by atoms with van der Waals surface area (Å²) >= 11 is 1.76. The number of nitrogens with zero attached hydrogens (tertiary/aromatic N) is 1. The number of aliphatic hydroxyl groups excluding tert-OH is 1. The van der Waals surface area contributed by atoms with Crippen LogP contribution in [0.25, 0.3) is 0 Å². The fraction of sp³-hybridized carbons (Fsp3) is 0.900. The fourth-order valence-corrected chi connectivity index (χ4v) is 2.78. The van der Waals surface area contributed by atoms with Crippen molar-refractivity contribution >= 4 is 17.7 Å². The molecule has 0 aromatic carbocycles. The number of hydrogen-bond acceptors (Lipinski definition) is 3. The van der Waals surface area contributed by atoms with E-state index in [4.69, 9.17) is 5.11 Å². The highest BCUT2D eigenvalue weighted by Crippen LogP contribution is 2.27. The second kappa shape index (κ2) is 5.61. The molecule has 0 aliphatic carbocycles. The van der Waals surface area contributed by atoms with E-state index in [-0.39, 0.29) is 17.3 Å². The highest BCUT2D eigenvalue weighted by molar-refractivity contribution is 8.00. The van der Waals surface area contributed by atoms with Gasteiger partial charge in [-0.3, -0.25) is 4.79 Å². The maximum Gasteiger partial charge on any atom is 0.235 e. The van der Waals surface area contributed by atoms with Crippen LogP contribution in [0, 0.1) is 0 Å². The minimum absolute atomic E-state index is 0.175. The highest BCUT2D eigenvalue weighted by Gasteiger charge is 2.25. The summed E-state index contributed by atoms with van der Waals surface area (Å²) in [6.07, 6.45) is 2.52. The molecule has 1 aliphatic rings. The monoisotopic (exact) mass is 217 g/mol. The number of carbonyl (C=O) groups is 1. The molecule has 0 saturated carbocycles. The first-order valence-electron chi connectivity index (χ1n) is 5.16. The maximum atomic E-state index is 11.8. The molecular formula is C10H19NO2S. The summed E-state index contributed by atoms with van der Waals surface area (Å²) in [4.78, 5) is 13.5. The largest absolute Gasteiger partial charge is 0.393 e. The number of aliphatic hydroxyl groups is 1. The summed E-state index contributed by atoms with van der Waals surface area (Å²) < 4.78 is 0. The van der Waals surface area contributed by atoms with E-state index >= 15 is 0 Å². The van der Waals surface area contributed by atoms with E-state index in [1.165, 1.54) is 0 Å². The van der Waals surface area contributed by atoms with Gasteiger partial charge in [-0.05, 0) is 31.9 Å². The quantitative estimate of drug-likeness (QED) is 0.767. The van der Waals surface area contributed by atoms with E-state index < -0.39 is 0 Å². The van der Waals surface area contributed by atoms with Gasteiger partial charge in [-0.15, -0.1) is 11.8 Å². The Morgan fingerprint density at radius 1 is 1.71 bits per heavy atom. The van der Waals surface area contributed by atoms with Crippen LogP contribution in [-0.2, 0) is 4.79 Å². The molecule has 0 radical (unpaired) electrons. The van der Waals surface area contributed by atoms with Gasteiger partial charge in [-0.2, -0.15) is 0 Å². The molecule has 82 valence electrons. The molecule has 0 aromatic rings. The molecule has 1 saturated heterocycles. The van der Waals surface area contributed by atoms with Crippen molar-refractivity contribution in [2.75, 3.05) is 19.3 Å². The van der Waals surface area contributed by atoms with Crippen molar-refractivity contribution in [2.24, 2.45) is 0 Å². The van der Waals surface area contributed by atoms with Crippen LogP contribution < -0.4 is 0 Å². The van der Waals surface area contributed by atoms with Crippen LogP contribution in [0.5, 0.6) is 0 Å². The third-order valence-electron chi connectivity index (χ3n) is 2.46. The SMILES string of the molecule is CC(O)CCN(C)C(=O)C1CCCS1. The van der Waals surface area contributed by atoms with Gasteiger partial charge in [0.25, 0.3) is 0 Å². The van der Waals surface area contributed by atoms with Crippen LogP contribution in [0.3, 0.4) is 0 Å². The number of amides is 1. The summed E-state index contributed by atoms with van der Waals surface area (Å²) in [5.74, 6) is 1.34. The minimum Gasteiger partial charge on any atom is -0.393 e. The van der Waals surface area contributed by atoms with Crippen LogP contribution in [0.1, 0.15) is 26.2 Å². The molecule has 3 nitrogen and oxygen atoms in total. The zero-order chi connectivity index (χ0) is 10.6. The molecule has 1 amide bonds. The lowest BCUT2D eigenvalue weighted by atomic mass is 10.2. The second-order valence-corrected chi connectivity index (χ2v) is 5.21. The zero-order valence-corrected chi connectivity index (χ0v) is 9.72. The lowest BCUT2D eigenvalue weighted by Crippen LogP contribution is -2.35. The van der Waals surface area contributed by atoms with Crippen molar-refractivity contribution in [3.63, 3.8) is 0 Å². The Kier molecular flexibility index (Phi) is 4.75. The van der Waals surface area contributed by atoms with Crippen LogP contribution in [-0.4, -0.2) is 46.6 Å². The first-order chi connectivity index (χ1) is 6.61. The van der Waals surface area contributed by atoms with Crippen LogP contribution in [0.15, 0.2) is 0 Å². The molecule has 1 N–H and O–H groups in total. The second-order valence-electron chi connectivity index (χ2n) is 3.90. The predicted molar refractivity (Wildman–Crippen MR) is 59.4 cm³/mol. The fourth-order valence-electron chi connectivity index (χ4n) is 1.51. The van der Waals surface area contributed by atoms with Crippen LogP contribution >= 0.6 is 11.8 Å². The number of thioether (sulfide) groups is 1. The average Bonchev–Trinajstić information content (AvgIpc) is 2.65. The molecular weight excluding hydrogens is 198 g/mol. The predicted octanol–water partition coefficient (Wildman–Crippen LogP) is 1.11. The van der Waals surface area contributed by atoms with Gasteiger partial charge in [0.05, 0.1) is 11.4 Å². The standard InChI is InChI=1S/C10H19NO2S/c1-8(12)5-6-11(2)10(13)9-4-3-7-14-9/h8-9,12H,3-7H2,1-2H3. The number of rotatable bonds is 4. The van der Waals surface area contributed by atoms with E-state index in [9.17, 15) is 4.79 Å². The maximum absolute atomic E-state index is 11.8. The first kappa shape index (κ1) is 11.9.